The lowest BCUT2D eigenvalue weighted by Crippen LogP contribution is -2.18. The molecule has 0 aliphatic heterocycles. The second-order valence-electron chi connectivity index (χ2n) is 18.2. The lowest BCUT2D eigenvalue weighted by Gasteiger charge is -2.35. The summed E-state index contributed by atoms with van der Waals surface area (Å²) in [4.78, 5) is 4.99. The lowest BCUT2D eigenvalue weighted by atomic mass is 9.74. The molecule has 0 atom stereocenters. The van der Waals surface area contributed by atoms with Crippen molar-refractivity contribution in [3.05, 3.63) is 193 Å². The molecule has 10 aromatic rings. The minimum Gasteiger partial charge on any atom is -0.310 e. The molecule has 0 radical (unpaired) electrons. The van der Waals surface area contributed by atoms with Gasteiger partial charge in [0, 0.05) is 44.3 Å². The Balaban J connectivity index is 1.53. The zero-order chi connectivity index (χ0) is 40.6. The van der Waals surface area contributed by atoms with E-state index in [4.69, 9.17) is 0 Å². The van der Waals surface area contributed by atoms with E-state index in [9.17, 15) is 0 Å². The fraction of sp³-hybridized carbons (Fsp3) is 0.158. The van der Waals surface area contributed by atoms with Crippen molar-refractivity contribution in [1.29, 1.82) is 0 Å². The van der Waals surface area contributed by atoms with Gasteiger partial charge in [-0.1, -0.05) is 162 Å². The van der Waals surface area contributed by atoms with E-state index in [1.54, 1.807) is 0 Å². The summed E-state index contributed by atoms with van der Waals surface area (Å²) >= 11 is 0. The molecular weight excluding hydrogens is 713 g/mol. The van der Waals surface area contributed by atoms with E-state index in [1.807, 2.05) is 0 Å². The van der Waals surface area contributed by atoms with Crippen molar-refractivity contribution in [2.24, 2.45) is 0 Å². The maximum absolute atomic E-state index is 2.53. The van der Waals surface area contributed by atoms with Gasteiger partial charge in [-0.2, -0.15) is 0 Å². The Kier molecular flexibility index (Phi) is 8.54. The van der Waals surface area contributed by atoms with Crippen LogP contribution >= 0.6 is 0 Å². The third-order valence-corrected chi connectivity index (χ3v) is 12.2. The zero-order valence-electron chi connectivity index (χ0n) is 35.1. The summed E-state index contributed by atoms with van der Waals surface area (Å²) in [6, 6.07) is 65.2. The second-order valence-corrected chi connectivity index (χ2v) is 18.2. The molecule has 0 saturated heterocycles. The van der Waals surface area contributed by atoms with Crippen molar-refractivity contribution >= 4 is 88.0 Å². The first-order valence-corrected chi connectivity index (χ1v) is 21.0. The number of anilines is 6. The summed E-state index contributed by atoms with van der Waals surface area (Å²) < 4.78 is 0. The SMILES string of the molecule is Cc1ccc(N(c2ccccc2)c2cc(C(C)(C)C)c3c4ccccc4c4c(C(C)(C)C)cc(N(c5ccccc5)c5ccccc5)c5c6ccccc6c2c3c54)cc1. The van der Waals surface area contributed by atoms with Gasteiger partial charge < -0.3 is 9.80 Å². The molecule has 0 fully saturated rings. The van der Waals surface area contributed by atoms with Gasteiger partial charge >= 0.3 is 0 Å². The van der Waals surface area contributed by atoms with Crippen molar-refractivity contribution in [2.45, 2.75) is 59.3 Å². The van der Waals surface area contributed by atoms with Crippen LogP contribution in [0.15, 0.2) is 176 Å². The number of rotatable bonds is 6. The Morgan fingerprint density at radius 3 is 0.915 bits per heavy atom. The molecule has 0 aliphatic carbocycles. The van der Waals surface area contributed by atoms with Crippen LogP contribution in [-0.2, 0) is 10.8 Å². The molecule has 288 valence electrons. The Bertz CT molecular complexity index is 3110. The highest BCUT2D eigenvalue weighted by molar-refractivity contribution is 6.44. The molecule has 0 aliphatic rings. The summed E-state index contributed by atoms with van der Waals surface area (Å²) in [5, 5.41) is 13.0. The van der Waals surface area contributed by atoms with E-state index >= 15 is 0 Å². The minimum absolute atomic E-state index is 0.178. The van der Waals surface area contributed by atoms with E-state index in [1.165, 1.54) is 81.9 Å². The van der Waals surface area contributed by atoms with Gasteiger partial charge in [0.15, 0.2) is 0 Å². The van der Waals surface area contributed by atoms with Gasteiger partial charge in [0.05, 0.1) is 11.4 Å². The van der Waals surface area contributed by atoms with Crippen molar-refractivity contribution in [2.75, 3.05) is 9.80 Å². The van der Waals surface area contributed by atoms with Crippen LogP contribution < -0.4 is 9.80 Å². The Morgan fingerprint density at radius 2 is 0.593 bits per heavy atom. The quantitative estimate of drug-likeness (QED) is 0.123. The molecule has 10 aromatic carbocycles. The van der Waals surface area contributed by atoms with Crippen LogP contribution in [0.2, 0.25) is 0 Å². The molecule has 0 spiro atoms. The molecule has 0 amide bonds. The fourth-order valence-corrected chi connectivity index (χ4v) is 9.60. The van der Waals surface area contributed by atoms with Crippen molar-refractivity contribution < 1.29 is 0 Å². The number of fused-ring (bicyclic) bond motifs is 6. The molecular formula is C57H50N2. The van der Waals surface area contributed by atoms with E-state index in [-0.39, 0.29) is 10.8 Å². The molecule has 2 nitrogen and oxygen atoms in total. The molecule has 0 saturated carbocycles. The molecule has 59 heavy (non-hydrogen) atoms. The van der Waals surface area contributed by atoms with Gasteiger partial charge in [0.25, 0.3) is 0 Å². The fourth-order valence-electron chi connectivity index (χ4n) is 9.60. The summed E-state index contributed by atoms with van der Waals surface area (Å²) in [6.45, 7) is 16.5. The summed E-state index contributed by atoms with van der Waals surface area (Å²) in [5.74, 6) is 0. The molecule has 0 heterocycles. The molecule has 0 aromatic heterocycles. The first kappa shape index (κ1) is 36.7. The van der Waals surface area contributed by atoms with Crippen molar-refractivity contribution in [1.82, 2.24) is 0 Å². The number of benzene rings is 10. The Labute approximate surface area is 348 Å². The summed E-state index contributed by atoms with van der Waals surface area (Å²) in [7, 11) is 0. The topological polar surface area (TPSA) is 6.48 Å². The Morgan fingerprint density at radius 1 is 0.305 bits per heavy atom. The van der Waals surface area contributed by atoms with E-state index in [0.29, 0.717) is 0 Å². The van der Waals surface area contributed by atoms with Crippen LogP contribution in [-0.4, -0.2) is 0 Å². The number of para-hydroxylation sites is 3. The first-order chi connectivity index (χ1) is 28.5. The largest absolute Gasteiger partial charge is 0.310 e. The van der Waals surface area contributed by atoms with Crippen molar-refractivity contribution in [3.63, 3.8) is 0 Å². The molecule has 0 bridgehead atoms. The minimum atomic E-state index is -0.179. The Hall–Kier alpha value is -6.64. The second kappa shape index (κ2) is 13.7. The highest BCUT2D eigenvalue weighted by Crippen LogP contribution is 2.57. The molecule has 0 N–H and O–H groups in total. The van der Waals surface area contributed by atoms with Gasteiger partial charge in [0.2, 0.25) is 0 Å². The van der Waals surface area contributed by atoms with Crippen LogP contribution in [0.1, 0.15) is 58.2 Å². The lowest BCUT2D eigenvalue weighted by molar-refractivity contribution is 0.595. The van der Waals surface area contributed by atoms with Gasteiger partial charge in [-0.05, 0) is 122 Å². The van der Waals surface area contributed by atoms with E-state index < -0.39 is 0 Å². The molecule has 10 rings (SSSR count). The molecule has 0 unspecified atom stereocenters. The number of hydrogen-bond acceptors (Lipinski definition) is 2. The van der Waals surface area contributed by atoms with Gasteiger partial charge in [0.1, 0.15) is 0 Å². The predicted molar refractivity (Wildman–Crippen MR) is 257 cm³/mol. The molecule has 2 heteroatoms. The van der Waals surface area contributed by atoms with Gasteiger partial charge in [-0.15, -0.1) is 0 Å². The number of aryl methyl sites for hydroxylation is 1. The highest BCUT2D eigenvalue weighted by Gasteiger charge is 2.33. The number of hydrogen-bond donors (Lipinski definition) is 0. The average Bonchev–Trinajstić information content (AvgIpc) is 3.24. The smallest absolute Gasteiger partial charge is 0.0549 e. The van der Waals surface area contributed by atoms with Crippen LogP contribution in [0.5, 0.6) is 0 Å². The zero-order valence-corrected chi connectivity index (χ0v) is 35.1. The van der Waals surface area contributed by atoms with Crippen molar-refractivity contribution in [3.8, 4) is 0 Å². The van der Waals surface area contributed by atoms with E-state index in [2.05, 4.69) is 234 Å². The maximum Gasteiger partial charge on any atom is 0.0549 e. The van der Waals surface area contributed by atoms with Crippen LogP contribution in [0.25, 0.3) is 53.9 Å². The average molecular weight is 763 g/mol. The van der Waals surface area contributed by atoms with Crippen LogP contribution in [0.4, 0.5) is 34.1 Å². The first-order valence-electron chi connectivity index (χ1n) is 21.0. The standard InChI is InChI=1S/C57H50N2/c1-37-31-33-41(34-32-37)59(40-25-15-10-16-26-40)49-36-47(57(5,6)7)51-43-28-18-17-27-42(43)50-46(56(2,3)4)35-48(52-44-29-19-20-30-45(44)53(49)55(51)54(50)52)58(38-21-11-8-12-22-38)39-23-13-9-14-24-39/h8-36H,1-7H3. The van der Waals surface area contributed by atoms with Gasteiger partial charge in [-0.3, -0.25) is 0 Å². The predicted octanol–water partition coefficient (Wildman–Crippen LogP) is 16.7. The maximum atomic E-state index is 2.53. The van der Waals surface area contributed by atoms with Crippen LogP contribution in [0.3, 0.4) is 0 Å². The number of nitrogens with zero attached hydrogens (tertiary/aromatic N) is 2. The monoisotopic (exact) mass is 762 g/mol. The summed E-state index contributed by atoms with van der Waals surface area (Å²) in [5.41, 5.74) is 10.5. The summed E-state index contributed by atoms with van der Waals surface area (Å²) in [6.07, 6.45) is 0. The third kappa shape index (κ3) is 5.92. The third-order valence-electron chi connectivity index (χ3n) is 12.2. The normalized spacial score (nSPS) is 12.3. The van der Waals surface area contributed by atoms with Crippen LogP contribution in [0, 0.1) is 6.92 Å². The van der Waals surface area contributed by atoms with E-state index in [0.717, 1.165) is 22.7 Å². The highest BCUT2D eigenvalue weighted by atomic mass is 15.2. The van der Waals surface area contributed by atoms with Gasteiger partial charge in [-0.25, -0.2) is 0 Å².